The molecule has 9 heteroatoms. The van der Waals surface area contributed by atoms with Crippen molar-refractivity contribution in [1.29, 1.82) is 0 Å². The van der Waals surface area contributed by atoms with Crippen LogP contribution in [0.5, 0.6) is 0 Å². The van der Waals surface area contributed by atoms with Crippen LogP contribution in [0.15, 0.2) is 23.3 Å². The summed E-state index contributed by atoms with van der Waals surface area (Å²) >= 11 is 1.71. The Labute approximate surface area is 192 Å². The molecule has 29 heavy (non-hydrogen) atoms. The minimum absolute atomic E-state index is 0. The molecule has 4 atom stereocenters. The van der Waals surface area contributed by atoms with Gasteiger partial charge >= 0.3 is 0 Å². The van der Waals surface area contributed by atoms with Crippen LogP contribution in [-0.4, -0.2) is 54.3 Å². The number of nitrogens with zero attached hydrogens (tertiary/aromatic N) is 3. The summed E-state index contributed by atoms with van der Waals surface area (Å²) in [5, 5.41) is 7.64. The Balaban J connectivity index is 0.00000240. The number of hydrogen-bond donors (Lipinski definition) is 2. The first-order valence-electron chi connectivity index (χ1n) is 9.98. The Morgan fingerprint density at radius 3 is 2.45 bits per heavy atom. The van der Waals surface area contributed by atoms with Gasteiger partial charge in [-0.2, -0.15) is 0 Å². The summed E-state index contributed by atoms with van der Waals surface area (Å²) in [6, 6.07) is 0. The first-order valence-corrected chi connectivity index (χ1v) is 10.8. The van der Waals surface area contributed by atoms with Crippen molar-refractivity contribution in [2.75, 3.05) is 26.7 Å². The molecular weight excluding hydrogens is 501 g/mol. The van der Waals surface area contributed by atoms with Crippen LogP contribution in [0.25, 0.3) is 0 Å². The highest BCUT2D eigenvalue weighted by Crippen LogP contribution is 2.52. The molecule has 2 heterocycles. The van der Waals surface area contributed by atoms with Crippen LogP contribution in [0.2, 0.25) is 0 Å². The number of amides is 2. The molecule has 1 saturated heterocycles. The number of imide groups is 1. The molecule has 1 aromatic heterocycles. The molecule has 4 unspecified atom stereocenters. The lowest BCUT2D eigenvalue weighted by Crippen LogP contribution is -2.40. The predicted molar refractivity (Wildman–Crippen MR) is 124 cm³/mol. The van der Waals surface area contributed by atoms with Gasteiger partial charge in [0.25, 0.3) is 0 Å². The smallest absolute Gasteiger partial charge is 0.233 e. The van der Waals surface area contributed by atoms with Crippen LogP contribution in [-0.2, 0) is 16.0 Å². The molecule has 2 amide bonds. The number of allylic oxidation sites excluding steroid dienone is 2. The van der Waals surface area contributed by atoms with Gasteiger partial charge < -0.3 is 10.6 Å². The van der Waals surface area contributed by atoms with E-state index in [0.717, 1.165) is 30.4 Å². The molecule has 1 saturated carbocycles. The fraction of sp³-hybridized carbons (Fsp3) is 0.600. The van der Waals surface area contributed by atoms with Gasteiger partial charge in [0.2, 0.25) is 11.8 Å². The van der Waals surface area contributed by atoms with Crippen LogP contribution in [0, 0.1) is 30.6 Å². The highest BCUT2D eigenvalue weighted by molar-refractivity contribution is 14.0. The number of guanidine groups is 1. The monoisotopic (exact) mass is 529 g/mol. The van der Waals surface area contributed by atoms with E-state index in [1.165, 1.54) is 9.78 Å². The summed E-state index contributed by atoms with van der Waals surface area (Å²) in [4.78, 5) is 36.6. The van der Waals surface area contributed by atoms with Crippen LogP contribution in [0.1, 0.15) is 22.7 Å². The highest BCUT2D eigenvalue weighted by Gasteiger charge is 2.58. The van der Waals surface area contributed by atoms with E-state index in [4.69, 9.17) is 0 Å². The number of nitrogens with one attached hydrogen (secondary N) is 2. The molecule has 2 fully saturated rings. The fourth-order valence-corrected chi connectivity index (χ4v) is 5.44. The molecule has 2 N–H and O–H groups in total. The molecule has 0 spiro atoms. The summed E-state index contributed by atoms with van der Waals surface area (Å²) in [6.45, 7) is 3.95. The number of thiazole rings is 1. The van der Waals surface area contributed by atoms with Crippen LogP contribution >= 0.6 is 35.3 Å². The Bertz CT molecular complexity index is 794. The first-order chi connectivity index (χ1) is 13.6. The Kier molecular flexibility index (Phi) is 7.31. The topological polar surface area (TPSA) is 86.7 Å². The quantitative estimate of drug-likeness (QED) is 0.141. The van der Waals surface area contributed by atoms with E-state index >= 15 is 0 Å². The molecule has 7 nitrogen and oxygen atoms in total. The van der Waals surface area contributed by atoms with Gasteiger partial charge in [0.15, 0.2) is 5.96 Å². The zero-order chi connectivity index (χ0) is 19.7. The van der Waals surface area contributed by atoms with Crippen molar-refractivity contribution in [2.24, 2.45) is 28.7 Å². The average molecular weight is 529 g/mol. The van der Waals surface area contributed by atoms with Crippen molar-refractivity contribution < 1.29 is 9.59 Å². The number of rotatable bonds is 7. The van der Waals surface area contributed by atoms with E-state index < -0.39 is 0 Å². The van der Waals surface area contributed by atoms with E-state index in [-0.39, 0.29) is 59.5 Å². The number of aryl methyl sites for hydroxylation is 1. The average Bonchev–Trinajstić information content (AvgIpc) is 3.44. The van der Waals surface area contributed by atoms with Gasteiger partial charge in [0, 0.05) is 44.2 Å². The maximum absolute atomic E-state index is 12.7. The number of likely N-dealkylation sites (tertiary alicyclic amines) is 1. The first kappa shape index (κ1) is 22.2. The minimum Gasteiger partial charge on any atom is -0.356 e. The minimum atomic E-state index is -0.0978. The van der Waals surface area contributed by atoms with Gasteiger partial charge in [-0.3, -0.25) is 19.5 Å². The van der Waals surface area contributed by atoms with E-state index in [9.17, 15) is 9.59 Å². The van der Waals surface area contributed by atoms with Gasteiger partial charge in [-0.05, 0) is 31.6 Å². The van der Waals surface area contributed by atoms with Crippen molar-refractivity contribution in [1.82, 2.24) is 20.5 Å². The molecule has 1 aromatic rings. The Morgan fingerprint density at radius 2 is 1.86 bits per heavy atom. The molecule has 2 bridgehead atoms. The maximum atomic E-state index is 12.7. The maximum Gasteiger partial charge on any atom is 0.233 e. The SMILES string of the molecule is CN=C(NCCCN1C(=O)C2C3C=CC(C3)C2C1=O)NCCc1ncc(C)s1.I. The van der Waals surface area contributed by atoms with Crippen molar-refractivity contribution in [3.63, 3.8) is 0 Å². The summed E-state index contributed by atoms with van der Waals surface area (Å²) in [5.74, 6) is 1.16. The van der Waals surface area contributed by atoms with Gasteiger partial charge in [-0.15, -0.1) is 35.3 Å². The second-order valence-corrected chi connectivity index (χ2v) is 9.04. The molecule has 158 valence electrons. The van der Waals surface area contributed by atoms with E-state index in [1.807, 2.05) is 6.20 Å². The van der Waals surface area contributed by atoms with E-state index in [2.05, 4.69) is 39.7 Å². The normalized spacial score (nSPS) is 27.4. The number of fused-ring (bicyclic) bond motifs is 5. The summed E-state index contributed by atoms with van der Waals surface area (Å²) in [5.41, 5.74) is 0. The summed E-state index contributed by atoms with van der Waals surface area (Å²) in [6.07, 6.45) is 8.70. The van der Waals surface area contributed by atoms with E-state index in [0.29, 0.717) is 19.5 Å². The van der Waals surface area contributed by atoms with Crippen LogP contribution in [0.3, 0.4) is 0 Å². The third kappa shape index (κ3) is 4.50. The lowest BCUT2D eigenvalue weighted by Gasteiger charge is -2.18. The number of aliphatic imine (C=N–C) groups is 1. The fourth-order valence-electron chi connectivity index (χ4n) is 4.65. The van der Waals surface area contributed by atoms with Gasteiger partial charge in [-0.1, -0.05) is 12.2 Å². The van der Waals surface area contributed by atoms with Gasteiger partial charge in [0.05, 0.1) is 16.8 Å². The number of hydrogen-bond acceptors (Lipinski definition) is 5. The molecule has 4 rings (SSSR count). The Hall–Kier alpha value is -1.49. The third-order valence-electron chi connectivity index (χ3n) is 5.94. The molecule has 0 aromatic carbocycles. The van der Waals surface area contributed by atoms with Gasteiger partial charge in [-0.25, -0.2) is 4.98 Å². The second kappa shape index (κ2) is 9.55. The lowest BCUT2D eigenvalue weighted by molar-refractivity contribution is -0.140. The second-order valence-electron chi connectivity index (χ2n) is 7.72. The van der Waals surface area contributed by atoms with Crippen molar-refractivity contribution >= 4 is 53.1 Å². The lowest BCUT2D eigenvalue weighted by atomic mass is 9.85. The molecule has 3 aliphatic rings. The molecule has 1 aliphatic heterocycles. The number of carbonyl (C=O) groups excluding carboxylic acids is 2. The number of aromatic nitrogens is 1. The van der Waals surface area contributed by atoms with Gasteiger partial charge in [0.1, 0.15) is 0 Å². The Morgan fingerprint density at radius 1 is 1.21 bits per heavy atom. The molecule has 0 radical (unpaired) electrons. The molecule has 2 aliphatic carbocycles. The predicted octanol–water partition coefficient (Wildman–Crippen LogP) is 1.97. The molecular formula is C20H28IN5O2S. The summed E-state index contributed by atoms with van der Waals surface area (Å²) in [7, 11) is 1.74. The van der Waals surface area contributed by atoms with Crippen LogP contribution < -0.4 is 10.6 Å². The highest BCUT2D eigenvalue weighted by atomic mass is 127. The van der Waals surface area contributed by atoms with E-state index in [1.54, 1.807) is 18.4 Å². The standard InChI is InChI=1S/C20H27N5O2S.HI/c1-12-11-24-15(28-12)6-8-23-20(21-2)22-7-3-9-25-18(26)16-13-4-5-14(10-13)17(16)19(25)27;/h4-5,11,13-14,16-17H,3,6-10H2,1-2H3,(H2,21,22,23);1H. The number of halogens is 1. The third-order valence-corrected chi connectivity index (χ3v) is 6.91. The van der Waals surface area contributed by atoms with Crippen molar-refractivity contribution in [3.05, 3.63) is 28.2 Å². The number of carbonyl (C=O) groups is 2. The zero-order valence-corrected chi connectivity index (χ0v) is 19.9. The van der Waals surface area contributed by atoms with Crippen molar-refractivity contribution in [2.45, 2.75) is 26.2 Å². The van der Waals surface area contributed by atoms with Crippen molar-refractivity contribution in [3.8, 4) is 0 Å². The van der Waals surface area contributed by atoms with Crippen LogP contribution in [0.4, 0.5) is 0 Å². The largest absolute Gasteiger partial charge is 0.356 e. The summed E-state index contributed by atoms with van der Waals surface area (Å²) < 4.78 is 0. The zero-order valence-electron chi connectivity index (χ0n) is 16.8.